The molecule has 1 aromatic rings. The Balaban J connectivity index is 1.59. The second-order valence-electron chi connectivity index (χ2n) is 7.94. The number of carbonyl (C=O) groups excluding carboxylic acids is 1. The molecule has 1 aromatic carbocycles. The molecule has 0 aromatic heterocycles. The van der Waals surface area contributed by atoms with E-state index in [1.54, 1.807) is 0 Å². The van der Waals surface area contributed by atoms with E-state index < -0.39 is 0 Å². The van der Waals surface area contributed by atoms with Crippen molar-refractivity contribution < 1.29 is 4.79 Å². The number of benzene rings is 1. The highest BCUT2D eigenvalue weighted by Gasteiger charge is 2.44. The van der Waals surface area contributed by atoms with Crippen LogP contribution in [0.2, 0.25) is 5.02 Å². The summed E-state index contributed by atoms with van der Waals surface area (Å²) >= 11 is 6.42. The number of piperidine rings is 1. The molecule has 1 unspecified atom stereocenters. The first kappa shape index (κ1) is 17.9. The molecule has 5 nitrogen and oxygen atoms in total. The van der Waals surface area contributed by atoms with Crippen LogP contribution in [0.4, 0.5) is 10.5 Å². The molecule has 2 aliphatic heterocycles. The average Bonchev–Trinajstić information content (AvgIpc) is 3.00. The van der Waals surface area contributed by atoms with Gasteiger partial charge in [0.1, 0.15) is 0 Å². The number of halogens is 1. The van der Waals surface area contributed by atoms with Crippen LogP contribution in [0.3, 0.4) is 0 Å². The second kappa shape index (κ2) is 6.93. The van der Waals surface area contributed by atoms with Gasteiger partial charge in [-0.2, -0.15) is 0 Å². The SMILES string of the molecule is CCN(CC)C(=O)N[C@H]1C[C@@H]2c3cc(Cl)cc4c3C(CN4)C[C@H]2N(C)C1. The van der Waals surface area contributed by atoms with E-state index in [0.29, 0.717) is 17.9 Å². The first-order valence-electron chi connectivity index (χ1n) is 9.84. The first-order chi connectivity index (χ1) is 12.5. The minimum atomic E-state index is 0.0542. The molecule has 2 N–H and O–H groups in total. The van der Waals surface area contributed by atoms with Crippen molar-refractivity contribution in [2.24, 2.45) is 0 Å². The van der Waals surface area contributed by atoms with Gasteiger partial charge in [-0.25, -0.2) is 4.79 Å². The molecule has 6 heteroatoms. The number of urea groups is 1. The fourth-order valence-electron chi connectivity index (χ4n) is 5.26. The molecule has 0 saturated carbocycles. The van der Waals surface area contributed by atoms with Crippen LogP contribution in [0.25, 0.3) is 0 Å². The molecule has 26 heavy (non-hydrogen) atoms. The third-order valence-corrected chi connectivity index (χ3v) is 6.72. The van der Waals surface area contributed by atoms with Crippen molar-refractivity contribution in [1.82, 2.24) is 15.1 Å². The zero-order chi connectivity index (χ0) is 18.4. The molecular weight excluding hydrogens is 348 g/mol. The first-order valence-corrected chi connectivity index (χ1v) is 10.2. The van der Waals surface area contributed by atoms with Crippen molar-refractivity contribution in [3.63, 3.8) is 0 Å². The van der Waals surface area contributed by atoms with E-state index in [1.807, 2.05) is 18.7 Å². The molecular formula is C20H29ClN4O. The number of amides is 2. The maximum atomic E-state index is 12.5. The van der Waals surface area contributed by atoms with Crippen LogP contribution in [-0.4, -0.2) is 61.1 Å². The van der Waals surface area contributed by atoms with Crippen molar-refractivity contribution in [1.29, 1.82) is 0 Å². The van der Waals surface area contributed by atoms with Crippen LogP contribution in [0.15, 0.2) is 12.1 Å². The van der Waals surface area contributed by atoms with Gasteiger partial charge in [-0.3, -0.25) is 0 Å². The summed E-state index contributed by atoms with van der Waals surface area (Å²) in [5.74, 6) is 1.02. The third-order valence-electron chi connectivity index (χ3n) is 6.51. The van der Waals surface area contributed by atoms with Gasteiger partial charge >= 0.3 is 6.03 Å². The Labute approximate surface area is 161 Å². The molecule has 4 rings (SSSR count). The third kappa shape index (κ3) is 2.95. The van der Waals surface area contributed by atoms with Gasteiger partial charge in [0.05, 0.1) is 0 Å². The molecule has 1 fully saturated rings. The number of nitrogens with zero attached hydrogens (tertiary/aromatic N) is 2. The highest BCUT2D eigenvalue weighted by Crippen LogP contribution is 2.50. The molecule has 142 valence electrons. The predicted octanol–water partition coefficient (Wildman–Crippen LogP) is 3.46. The monoisotopic (exact) mass is 376 g/mol. The topological polar surface area (TPSA) is 47.6 Å². The Hall–Kier alpha value is -1.46. The normalized spacial score (nSPS) is 29.5. The Morgan fingerprint density at radius 2 is 2.12 bits per heavy atom. The van der Waals surface area contributed by atoms with Crippen LogP contribution >= 0.6 is 11.6 Å². The van der Waals surface area contributed by atoms with Crippen molar-refractivity contribution in [3.05, 3.63) is 28.3 Å². The van der Waals surface area contributed by atoms with E-state index in [-0.39, 0.29) is 12.1 Å². The van der Waals surface area contributed by atoms with E-state index in [0.717, 1.165) is 37.6 Å². The van der Waals surface area contributed by atoms with Crippen molar-refractivity contribution in [2.45, 2.75) is 50.6 Å². The highest BCUT2D eigenvalue weighted by molar-refractivity contribution is 6.31. The van der Waals surface area contributed by atoms with E-state index in [4.69, 9.17) is 11.6 Å². The summed E-state index contributed by atoms with van der Waals surface area (Å²) in [6.07, 6.45) is 2.17. The van der Waals surface area contributed by atoms with Gasteiger partial charge in [0.2, 0.25) is 0 Å². The summed E-state index contributed by atoms with van der Waals surface area (Å²) in [6.45, 7) is 7.46. The standard InChI is InChI=1S/C20H29ClN4O/c1-4-25(5-2)20(26)23-14-9-15-16-7-13(21)8-17-19(16)12(10-22-17)6-18(15)24(3)11-14/h7-8,12,14-15,18,22H,4-6,9-11H2,1-3H3,(H,23,26)/t12?,14-,15+,18+/m0/s1. The number of anilines is 1. The summed E-state index contributed by atoms with van der Waals surface area (Å²) in [7, 11) is 2.20. The summed E-state index contributed by atoms with van der Waals surface area (Å²) in [5, 5.41) is 7.62. The Morgan fingerprint density at radius 3 is 2.85 bits per heavy atom. The molecule has 2 heterocycles. The summed E-state index contributed by atoms with van der Waals surface area (Å²) in [5.41, 5.74) is 4.08. The Kier molecular flexibility index (Phi) is 4.78. The lowest BCUT2D eigenvalue weighted by Crippen LogP contribution is -2.56. The Bertz CT molecular complexity index is 705. The predicted molar refractivity (Wildman–Crippen MR) is 106 cm³/mol. The smallest absolute Gasteiger partial charge is 0.317 e. The van der Waals surface area contributed by atoms with Crippen molar-refractivity contribution in [3.8, 4) is 0 Å². The Morgan fingerprint density at radius 1 is 1.35 bits per heavy atom. The molecule has 3 aliphatic rings. The lowest BCUT2D eigenvalue weighted by molar-refractivity contribution is 0.108. The lowest BCUT2D eigenvalue weighted by atomic mass is 9.70. The van der Waals surface area contributed by atoms with Gasteiger partial charge in [0, 0.05) is 60.8 Å². The van der Waals surface area contributed by atoms with Crippen LogP contribution in [0, 0.1) is 0 Å². The summed E-state index contributed by atoms with van der Waals surface area (Å²) < 4.78 is 0. The number of likely N-dealkylation sites (N-methyl/N-ethyl adjacent to an activating group) is 1. The van der Waals surface area contributed by atoms with Gasteiger partial charge < -0.3 is 20.4 Å². The summed E-state index contributed by atoms with van der Waals surface area (Å²) in [4.78, 5) is 16.8. The van der Waals surface area contributed by atoms with E-state index in [1.165, 1.54) is 23.2 Å². The fraction of sp³-hybridized carbons (Fsp3) is 0.650. The number of nitrogens with one attached hydrogen (secondary N) is 2. The zero-order valence-electron chi connectivity index (χ0n) is 15.9. The second-order valence-corrected chi connectivity index (χ2v) is 8.37. The summed E-state index contributed by atoms with van der Waals surface area (Å²) in [6, 6.07) is 4.99. The maximum Gasteiger partial charge on any atom is 0.317 e. The van der Waals surface area contributed by atoms with Gasteiger partial charge in [0.25, 0.3) is 0 Å². The fourth-order valence-corrected chi connectivity index (χ4v) is 5.49. The number of likely N-dealkylation sites (tertiary alicyclic amines) is 1. The maximum absolute atomic E-state index is 12.5. The van der Waals surface area contributed by atoms with Crippen LogP contribution in [-0.2, 0) is 0 Å². The molecule has 0 bridgehead atoms. The minimum Gasteiger partial charge on any atom is -0.384 e. The average molecular weight is 377 g/mol. The molecule has 0 spiro atoms. The van der Waals surface area contributed by atoms with Gasteiger partial charge in [-0.15, -0.1) is 0 Å². The number of carbonyl (C=O) groups is 1. The van der Waals surface area contributed by atoms with Gasteiger partial charge in [0.15, 0.2) is 0 Å². The largest absolute Gasteiger partial charge is 0.384 e. The quantitative estimate of drug-likeness (QED) is 0.849. The van der Waals surface area contributed by atoms with E-state index in [2.05, 4.69) is 34.7 Å². The van der Waals surface area contributed by atoms with Gasteiger partial charge in [-0.05, 0) is 57.0 Å². The number of rotatable bonds is 3. The lowest BCUT2D eigenvalue weighted by Gasteiger charge is -2.47. The van der Waals surface area contributed by atoms with Crippen molar-refractivity contribution >= 4 is 23.3 Å². The highest BCUT2D eigenvalue weighted by atomic mass is 35.5. The molecule has 1 saturated heterocycles. The van der Waals surface area contributed by atoms with E-state index in [9.17, 15) is 4.79 Å². The number of hydrogen-bond acceptors (Lipinski definition) is 3. The molecule has 4 atom stereocenters. The zero-order valence-corrected chi connectivity index (χ0v) is 16.6. The van der Waals surface area contributed by atoms with Crippen LogP contribution in [0.5, 0.6) is 0 Å². The molecule has 2 amide bonds. The molecule has 1 aliphatic carbocycles. The van der Waals surface area contributed by atoms with Gasteiger partial charge in [-0.1, -0.05) is 11.6 Å². The number of hydrogen-bond donors (Lipinski definition) is 2. The van der Waals surface area contributed by atoms with Crippen LogP contribution in [0.1, 0.15) is 49.7 Å². The minimum absolute atomic E-state index is 0.0542. The van der Waals surface area contributed by atoms with Crippen molar-refractivity contribution in [2.75, 3.05) is 38.5 Å². The van der Waals surface area contributed by atoms with E-state index >= 15 is 0 Å². The number of fused-ring (bicyclic) bond motifs is 2. The van der Waals surface area contributed by atoms with Crippen LogP contribution < -0.4 is 10.6 Å². The molecule has 0 radical (unpaired) electrons.